The number of pyridine rings is 1. The number of hydrogen-bond acceptors (Lipinski definition) is 4. The first kappa shape index (κ1) is 15.5. The molecule has 2 aliphatic rings. The molecule has 1 spiro atoms. The van der Waals surface area contributed by atoms with E-state index in [0.29, 0.717) is 25.4 Å². The van der Waals surface area contributed by atoms with E-state index in [2.05, 4.69) is 4.98 Å². The second-order valence-electron chi connectivity index (χ2n) is 6.74. The highest BCUT2D eigenvalue weighted by Gasteiger charge is 2.43. The van der Waals surface area contributed by atoms with Crippen molar-refractivity contribution in [1.29, 1.82) is 0 Å². The van der Waals surface area contributed by atoms with Crippen molar-refractivity contribution in [2.24, 2.45) is 0 Å². The zero-order chi connectivity index (χ0) is 16.6. The minimum atomic E-state index is -0.103. The molecule has 2 aromatic rings. The Morgan fingerprint density at radius 3 is 2.79 bits per heavy atom. The highest BCUT2D eigenvalue weighted by Crippen LogP contribution is 2.37. The fourth-order valence-electron chi connectivity index (χ4n) is 3.77. The molecule has 0 N–H and O–H groups in total. The van der Waals surface area contributed by atoms with Crippen LogP contribution in [0.25, 0.3) is 10.9 Å². The van der Waals surface area contributed by atoms with Crippen LogP contribution in [0.5, 0.6) is 0 Å². The number of hydrogen-bond donors (Lipinski definition) is 0. The Balaban J connectivity index is 1.46. The van der Waals surface area contributed by atoms with Gasteiger partial charge in [-0.1, -0.05) is 24.3 Å². The Morgan fingerprint density at radius 2 is 2.04 bits per heavy atom. The molecule has 5 heteroatoms. The first-order valence-electron chi connectivity index (χ1n) is 8.51. The van der Waals surface area contributed by atoms with Crippen LogP contribution >= 0.6 is 0 Å². The van der Waals surface area contributed by atoms with E-state index >= 15 is 0 Å². The zero-order valence-corrected chi connectivity index (χ0v) is 13.9. The van der Waals surface area contributed by atoms with E-state index in [1.807, 2.05) is 41.3 Å². The van der Waals surface area contributed by atoms with Crippen LogP contribution in [0.1, 0.15) is 29.8 Å². The van der Waals surface area contributed by atoms with Crippen molar-refractivity contribution >= 4 is 16.8 Å². The lowest BCUT2D eigenvalue weighted by Gasteiger charge is -2.38. The number of likely N-dealkylation sites (tertiary alicyclic amines) is 1. The van der Waals surface area contributed by atoms with E-state index in [1.54, 1.807) is 7.11 Å². The SMILES string of the molecule is CO[C@H]1COC2(CCN(C(=O)c3ccc4ccccc4n3)CC2)C1. The highest BCUT2D eigenvalue weighted by molar-refractivity contribution is 5.95. The third-order valence-corrected chi connectivity index (χ3v) is 5.29. The van der Waals surface area contributed by atoms with Gasteiger partial charge in [0.15, 0.2) is 0 Å². The molecule has 1 amide bonds. The quantitative estimate of drug-likeness (QED) is 0.851. The van der Waals surface area contributed by atoms with Gasteiger partial charge in [-0.25, -0.2) is 4.98 Å². The van der Waals surface area contributed by atoms with Crippen LogP contribution in [0.2, 0.25) is 0 Å². The minimum absolute atomic E-state index is 0.0110. The van der Waals surface area contributed by atoms with Crippen LogP contribution in [-0.4, -0.2) is 54.3 Å². The van der Waals surface area contributed by atoms with Crippen LogP contribution in [0.15, 0.2) is 36.4 Å². The molecule has 4 rings (SSSR count). The number of ether oxygens (including phenoxy) is 2. The number of para-hydroxylation sites is 1. The first-order valence-corrected chi connectivity index (χ1v) is 8.51. The van der Waals surface area contributed by atoms with Crippen LogP contribution < -0.4 is 0 Å². The van der Waals surface area contributed by atoms with E-state index in [1.165, 1.54) is 0 Å². The maximum Gasteiger partial charge on any atom is 0.272 e. The summed E-state index contributed by atoms with van der Waals surface area (Å²) >= 11 is 0. The number of fused-ring (bicyclic) bond motifs is 1. The number of nitrogens with zero attached hydrogens (tertiary/aromatic N) is 2. The van der Waals surface area contributed by atoms with Gasteiger partial charge >= 0.3 is 0 Å². The molecule has 0 radical (unpaired) electrons. The van der Waals surface area contributed by atoms with Crippen molar-refractivity contribution in [1.82, 2.24) is 9.88 Å². The van der Waals surface area contributed by atoms with E-state index in [9.17, 15) is 4.79 Å². The summed E-state index contributed by atoms with van der Waals surface area (Å²) < 4.78 is 11.4. The first-order chi connectivity index (χ1) is 11.7. The highest BCUT2D eigenvalue weighted by atomic mass is 16.6. The molecule has 1 aromatic carbocycles. The smallest absolute Gasteiger partial charge is 0.272 e. The maximum absolute atomic E-state index is 12.8. The van der Waals surface area contributed by atoms with Crippen LogP contribution in [0.3, 0.4) is 0 Å². The van der Waals surface area contributed by atoms with Gasteiger partial charge in [-0.05, 0) is 25.0 Å². The molecule has 0 unspecified atom stereocenters. The standard InChI is InChI=1S/C19H22N2O3/c1-23-15-12-19(24-13-15)8-10-21(11-9-19)18(22)17-7-6-14-4-2-3-5-16(14)20-17/h2-7,15H,8-13H2,1H3/t15-/m1/s1. The predicted molar refractivity (Wildman–Crippen MR) is 91.0 cm³/mol. The van der Waals surface area contributed by atoms with Gasteiger partial charge < -0.3 is 14.4 Å². The number of rotatable bonds is 2. The topological polar surface area (TPSA) is 51.7 Å². The van der Waals surface area contributed by atoms with Gasteiger partial charge in [0.1, 0.15) is 5.69 Å². The molecule has 0 aliphatic carbocycles. The monoisotopic (exact) mass is 326 g/mol. The zero-order valence-electron chi connectivity index (χ0n) is 13.9. The molecule has 0 bridgehead atoms. The van der Waals surface area contributed by atoms with Gasteiger partial charge in [-0.15, -0.1) is 0 Å². The van der Waals surface area contributed by atoms with Gasteiger partial charge in [0, 0.05) is 32.0 Å². The van der Waals surface area contributed by atoms with Gasteiger partial charge in [0.2, 0.25) is 0 Å². The molecule has 2 saturated heterocycles. The summed E-state index contributed by atoms with van der Waals surface area (Å²) in [7, 11) is 1.73. The van der Waals surface area contributed by atoms with E-state index < -0.39 is 0 Å². The van der Waals surface area contributed by atoms with Crippen LogP contribution in [0.4, 0.5) is 0 Å². The Hall–Kier alpha value is -1.98. The van der Waals surface area contributed by atoms with Gasteiger partial charge in [-0.2, -0.15) is 0 Å². The molecule has 1 atom stereocenters. The molecule has 126 valence electrons. The summed E-state index contributed by atoms with van der Waals surface area (Å²) in [6, 6.07) is 11.6. The maximum atomic E-state index is 12.8. The number of piperidine rings is 1. The third-order valence-electron chi connectivity index (χ3n) is 5.29. The molecule has 1 aromatic heterocycles. The van der Waals surface area contributed by atoms with Crippen molar-refractivity contribution in [2.75, 3.05) is 26.8 Å². The Kier molecular flexibility index (Phi) is 3.98. The Bertz CT molecular complexity index is 753. The number of amides is 1. The molecule has 24 heavy (non-hydrogen) atoms. The normalized spacial score (nSPS) is 23.0. The van der Waals surface area contributed by atoms with Gasteiger partial charge in [0.05, 0.1) is 23.8 Å². The molecule has 2 fully saturated rings. The summed E-state index contributed by atoms with van der Waals surface area (Å²) in [5.74, 6) is 0.0110. The molecular weight excluding hydrogens is 304 g/mol. The predicted octanol–water partition coefficient (Wildman–Crippen LogP) is 2.64. The minimum Gasteiger partial charge on any atom is -0.379 e. The average Bonchev–Trinajstić information content (AvgIpc) is 3.04. The van der Waals surface area contributed by atoms with Gasteiger partial charge in [-0.3, -0.25) is 4.79 Å². The van der Waals surface area contributed by atoms with Crippen molar-refractivity contribution in [3.8, 4) is 0 Å². The second kappa shape index (κ2) is 6.15. The van der Waals surface area contributed by atoms with Crippen molar-refractivity contribution in [3.63, 3.8) is 0 Å². The van der Waals surface area contributed by atoms with Crippen molar-refractivity contribution < 1.29 is 14.3 Å². The fraction of sp³-hybridized carbons (Fsp3) is 0.474. The van der Waals surface area contributed by atoms with Crippen molar-refractivity contribution in [3.05, 3.63) is 42.1 Å². The molecule has 5 nitrogen and oxygen atoms in total. The third kappa shape index (κ3) is 2.78. The number of benzene rings is 1. The fourth-order valence-corrected chi connectivity index (χ4v) is 3.77. The molecule has 2 aliphatic heterocycles. The van der Waals surface area contributed by atoms with E-state index in [-0.39, 0.29) is 17.6 Å². The second-order valence-corrected chi connectivity index (χ2v) is 6.74. The lowest BCUT2D eigenvalue weighted by atomic mass is 9.88. The number of carbonyl (C=O) groups excluding carboxylic acids is 1. The van der Waals surface area contributed by atoms with E-state index in [4.69, 9.17) is 9.47 Å². The van der Waals surface area contributed by atoms with Gasteiger partial charge in [0.25, 0.3) is 5.91 Å². The number of methoxy groups -OCH3 is 1. The molecule has 3 heterocycles. The van der Waals surface area contributed by atoms with E-state index in [0.717, 1.165) is 30.2 Å². The number of aromatic nitrogens is 1. The summed E-state index contributed by atoms with van der Waals surface area (Å²) in [5, 5.41) is 1.05. The molecule has 0 saturated carbocycles. The lowest BCUT2D eigenvalue weighted by Crippen LogP contribution is -2.46. The van der Waals surface area contributed by atoms with Crippen LogP contribution in [-0.2, 0) is 9.47 Å². The Morgan fingerprint density at radius 1 is 1.25 bits per heavy atom. The lowest BCUT2D eigenvalue weighted by molar-refractivity contribution is -0.0403. The van der Waals surface area contributed by atoms with Crippen LogP contribution in [0, 0.1) is 0 Å². The summed E-state index contributed by atoms with van der Waals surface area (Å²) in [4.78, 5) is 19.2. The number of carbonyl (C=O) groups is 1. The summed E-state index contributed by atoms with van der Waals surface area (Å²) in [6.07, 6.45) is 2.85. The Labute approximate surface area is 141 Å². The average molecular weight is 326 g/mol. The summed E-state index contributed by atoms with van der Waals surface area (Å²) in [6.45, 7) is 2.09. The van der Waals surface area contributed by atoms with Crippen molar-refractivity contribution in [2.45, 2.75) is 31.0 Å². The molecular formula is C19H22N2O3. The summed E-state index contributed by atoms with van der Waals surface area (Å²) in [5.41, 5.74) is 1.28. The largest absolute Gasteiger partial charge is 0.379 e.